The minimum Gasteiger partial charge on any atom is -0.376 e. The van der Waals surface area contributed by atoms with E-state index < -0.39 is 0 Å². The van der Waals surface area contributed by atoms with Gasteiger partial charge >= 0.3 is 0 Å². The van der Waals surface area contributed by atoms with Crippen molar-refractivity contribution in [3.63, 3.8) is 0 Å². The van der Waals surface area contributed by atoms with Gasteiger partial charge in [-0.05, 0) is 56.8 Å². The molecule has 3 rings (SSSR count). The number of benzene rings is 1. The largest absolute Gasteiger partial charge is 0.376 e. The summed E-state index contributed by atoms with van der Waals surface area (Å²) in [5, 5.41) is 3.09. The van der Waals surface area contributed by atoms with Crippen molar-refractivity contribution in [3.8, 4) is 0 Å². The summed E-state index contributed by atoms with van der Waals surface area (Å²) in [4.78, 5) is 14.8. The van der Waals surface area contributed by atoms with Crippen molar-refractivity contribution in [1.29, 1.82) is 0 Å². The van der Waals surface area contributed by atoms with Crippen LogP contribution in [0.4, 0.5) is 0 Å². The van der Waals surface area contributed by atoms with Gasteiger partial charge in [0.05, 0.1) is 6.10 Å². The van der Waals surface area contributed by atoms with Crippen molar-refractivity contribution in [2.75, 3.05) is 26.2 Å². The van der Waals surface area contributed by atoms with Crippen LogP contribution in [-0.4, -0.2) is 43.2 Å². The average molecular weight is 316 g/mol. The number of likely N-dealkylation sites (tertiary alicyclic amines) is 1. The molecular weight excluding hydrogens is 288 g/mol. The fraction of sp³-hybridized carbons (Fsp3) is 0.632. The Bertz CT molecular complexity index is 518. The lowest BCUT2D eigenvalue weighted by atomic mass is 9.95. The molecule has 0 bridgehead atoms. The van der Waals surface area contributed by atoms with E-state index >= 15 is 0 Å². The highest BCUT2D eigenvalue weighted by atomic mass is 16.5. The molecule has 126 valence electrons. The minimum atomic E-state index is 0.171. The Hall–Kier alpha value is -1.39. The van der Waals surface area contributed by atoms with Gasteiger partial charge in [-0.25, -0.2) is 0 Å². The summed E-state index contributed by atoms with van der Waals surface area (Å²) in [6, 6.07) is 8.56. The molecule has 4 nitrogen and oxygen atoms in total. The molecule has 1 aromatic carbocycles. The highest BCUT2D eigenvalue weighted by Crippen LogP contribution is 2.20. The van der Waals surface area contributed by atoms with Gasteiger partial charge in [0.15, 0.2) is 0 Å². The smallest absolute Gasteiger partial charge is 0.223 e. The van der Waals surface area contributed by atoms with Gasteiger partial charge in [0.2, 0.25) is 5.91 Å². The molecule has 0 spiro atoms. The van der Waals surface area contributed by atoms with E-state index in [2.05, 4.69) is 41.4 Å². The summed E-state index contributed by atoms with van der Waals surface area (Å²) in [6.07, 6.45) is 4.36. The molecule has 1 atom stereocenters. The van der Waals surface area contributed by atoms with Gasteiger partial charge in [-0.2, -0.15) is 0 Å². The standard InChI is InChI=1S/C19H28N2O2/c1-15-5-2-3-6-17(15)14-21-10-8-16(9-11-21)19(22)20-13-18-7-4-12-23-18/h2-3,5-6,16,18H,4,7-14H2,1H3,(H,20,22)/t18-/m0/s1. The number of nitrogens with zero attached hydrogens (tertiary/aromatic N) is 1. The van der Waals surface area contributed by atoms with Crippen molar-refractivity contribution >= 4 is 5.91 Å². The molecule has 0 saturated carbocycles. The van der Waals surface area contributed by atoms with Crippen LogP contribution < -0.4 is 5.32 Å². The maximum atomic E-state index is 12.3. The topological polar surface area (TPSA) is 41.6 Å². The maximum Gasteiger partial charge on any atom is 0.223 e. The first-order valence-corrected chi connectivity index (χ1v) is 8.88. The first-order chi connectivity index (χ1) is 11.2. The second kappa shape index (κ2) is 7.93. The van der Waals surface area contributed by atoms with Crippen LogP contribution in [0, 0.1) is 12.8 Å². The molecule has 2 heterocycles. The molecule has 23 heavy (non-hydrogen) atoms. The number of carbonyl (C=O) groups is 1. The number of aryl methyl sites for hydroxylation is 1. The number of piperidine rings is 1. The Morgan fingerprint density at radius 3 is 2.74 bits per heavy atom. The second-order valence-electron chi connectivity index (χ2n) is 6.86. The highest BCUT2D eigenvalue weighted by Gasteiger charge is 2.26. The molecule has 0 unspecified atom stereocenters. The van der Waals surface area contributed by atoms with Crippen LogP contribution >= 0.6 is 0 Å². The zero-order valence-electron chi connectivity index (χ0n) is 14.1. The van der Waals surface area contributed by atoms with Gasteiger partial charge in [0.25, 0.3) is 0 Å². The van der Waals surface area contributed by atoms with E-state index in [1.165, 1.54) is 11.1 Å². The van der Waals surface area contributed by atoms with Crippen LogP contribution in [0.1, 0.15) is 36.8 Å². The van der Waals surface area contributed by atoms with Crippen LogP contribution in [0.25, 0.3) is 0 Å². The van der Waals surface area contributed by atoms with Crippen LogP contribution in [-0.2, 0) is 16.1 Å². The monoisotopic (exact) mass is 316 g/mol. The van der Waals surface area contributed by atoms with Gasteiger partial charge in [-0.3, -0.25) is 9.69 Å². The third-order valence-corrected chi connectivity index (χ3v) is 5.14. The molecule has 4 heteroatoms. The Morgan fingerprint density at radius 2 is 2.04 bits per heavy atom. The lowest BCUT2D eigenvalue weighted by Crippen LogP contribution is -2.42. The zero-order chi connectivity index (χ0) is 16.1. The predicted molar refractivity (Wildman–Crippen MR) is 91.2 cm³/mol. The van der Waals surface area contributed by atoms with Crippen molar-refractivity contribution < 1.29 is 9.53 Å². The van der Waals surface area contributed by atoms with E-state index in [1.807, 2.05) is 0 Å². The number of rotatable bonds is 5. The molecule has 2 saturated heterocycles. The van der Waals surface area contributed by atoms with E-state index in [4.69, 9.17) is 4.74 Å². The van der Waals surface area contributed by atoms with Gasteiger partial charge in [0.1, 0.15) is 0 Å². The van der Waals surface area contributed by atoms with Gasteiger partial charge in [0, 0.05) is 25.6 Å². The van der Waals surface area contributed by atoms with E-state index in [9.17, 15) is 4.79 Å². The number of carbonyl (C=O) groups excluding carboxylic acids is 1. The quantitative estimate of drug-likeness (QED) is 0.907. The lowest BCUT2D eigenvalue weighted by molar-refractivity contribution is -0.127. The summed E-state index contributed by atoms with van der Waals surface area (Å²) in [7, 11) is 0. The van der Waals surface area contributed by atoms with Crippen molar-refractivity contribution in [1.82, 2.24) is 10.2 Å². The van der Waals surface area contributed by atoms with Crippen LogP contribution in [0.15, 0.2) is 24.3 Å². The highest BCUT2D eigenvalue weighted by molar-refractivity contribution is 5.78. The number of hydrogen-bond acceptors (Lipinski definition) is 3. The van der Waals surface area contributed by atoms with Gasteiger partial charge < -0.3 is 10.1 Å². The Labute approximate surface area is 139 Å². The van der Waals surface area contributed by atoms with Crippen LogP contribution in [0.2, 0.25) is 0 Å². The molecular formula is C19H28N2O2. The van der Waals surface area contributed by atoms with E-state index in [0.29, 0.717) is 6.54 Å². The Morgan fingerprint density at radius 1 is 1.26 bits per heavy atom. The Balaban J connectivity index is 1.41. The number of hydrogen-bond donors (Lipinski definition) is 1. The molecule has 0 aliphatic carbocycles. The molecule has 2 aliphatic rings. The summed E-state index contributed by atoms with van der Waals surface area (Å²) < 4.78 is 5.56. The molecule has 0 radical (unpaired) electrons. The summed E-state index contributed by atoms with van der Waals surface area (Å²) in [5.74, 6) is 0.389. The van der Waals surface area contributed by atoms with Gasteiger partial charge in [-0.15, -0.1) is 0 Å². The fourth-order valence-electron chi connectivity index (χ4n) is 3.55. The van der Waals surface area contributed by atoms with Crippen LogP contribution in [0.5, 0.6) is 0 Å². The molecule has 1 aromatic rings. The predicted octanol–water partition coefficient (Wildman–Crippen LogP) is 2.50. The summed E-state index contributed by atoms with van der Waals surface area (Å²) >= 11 is 0. The summed E-state index contributed by atoms with van der Waals surface area (Å²) in [6.45, 7) is 6.70. The third-order valence-electron chi connectivity index (χ3n) is 5.14. The maximum absolute atomic E-state index is 12.3. The van der Waals surface area contributed by atoms with Crippen LogP contribution in [0.3, 0.4) is 0 Å². The van der Waals surface area contributed by atoms with E-state index in [0.717, 1.165) is 51.9 Å². The first kappa shape index (κ1) is 16.5. The lowest BCUT2D eigenvalue weighted by Gasteiger charge is -2.31. The van der Waals surface area contributed by atoms with Gasteiger partial charge in [-0.1, -0.05) is 24.3 Å². The second-order valence-corrected chi connectivity index (χ2v) is 6.86. The average Bonchev–Trinajstić information content (AvgIpc) is 3.09. The van der Waals surface area contributed by atoms with Crippen molar-refractivity contribution in [2.24, 2.45) is 5.92 Å². The summed E-state index contributed by atoms with van der Waals surface area (Å²) in [5.41, 5.74) is 2.75. The number of amides is 1. The van der Waals surface area contributed by atoms with Crippen molar-refractivity contribution in [2.45, 2.75) is 45.3 Å². The molecule has 1 N–H and O–H groups in total. The molecule has 2 aliphatic heterocycles. The zero-order valence-corrected chi connectivity index (χ0v) is 14.1. The SMILES string of the molecule is Cc1ccccc1CN1CCC(C(=O)NC[C@@H]2CCCO2)CC1. The number of nitrogens with one attached hydrogen (secondary N) is 1. The minimum absolute atomic E-state index is 0.171. The molecule has 0 aromatic heterocycles. The normalized spacial score (nSPS) is 23.1. The first-order valence-electron chi connectivity index (χ1n) is 8.88. The van der Waals surface area contributed by atoms with E-state index in [-0.39, 0.29) is 17.9 Å². The molecule has 1 amide bonds. The number of ether oxygens (including phenoxy) is 1. The molecule has 2 fully saturated rings. The van der Waals surface area contributed by atoms with Crippen molar-refractivity contribution in [3.05, 3.63) is 35.4 Å². The van der Waals surface area contributed by atoms with E-state index in [1.54, 1.807) is 0 Å². The third kappa shape index (κ3) is 4.55. The Kier molecular flexibility index (Phi) is 5.68. The fourth-order valence-corrected chi connectivity index (χ4v) is 3.55.